The molecule has 0 unspecified atom stereocenters. The third-order valence-electron chi connectivity index (χ3n) is 4.09. The second kappa shape index (κ2) is 7.24. The lowest BCUT2D eigenvalue weighted by atomic mass is 10.0. The SMILES string of the molecule is O=C(N[C@H]1CCN(c2ccc(C(F)(F)F)cn2)C[C@@H]1O)c1cnccn1. The summed E-state index contributed by atoms with van der Waals surface area (Å²) in [6.07, 6.45) is 0.00440. The molecule has 10 heteroatoms. The summed E-state index contributed by atoms with van der Waals surface area (Å²) >= 11 is 0. The first-order valence-electron chi connectivity index (χ1n) is 7.88. The molecule has 2 aromatic heterocycles. The van der Waals surface area contributed by atoms with Gasteiger partial charge in [0.2, 0.25) is 0 Å². The fourth-order valence-corrected chi connectivity index (χ4v) is 2.71. The smallest absolute Gasteiger partial charge is 0.389 e. The number of nitrogens with zero attached hydrogens (tertiary/aromatic N) is 4. The van der Waals surface area contributed by atoms with E-state index in [-0.39, 0.29) is 12.2 Å². The maximum absolute atomic E-state index is 12.6. The zero-order valence-electron chi connectivity index (χ0n) is 13.5. The summed E-state index contributed by atoms with van der Waals surface area (Å²) in [7, 11) is 0. The Kier molecular flexibility index (Phi) is 5.03. The predicted octanol–water partition coefficient (Wildman–Crippen LogP) is 1.26. The van der Waals surface area contributed by atoms with E-state index >= 15 is 0 Å². The van der Waals surface area contributed by atoms with E-state index in [1.807, 2.05) is 0 Å². The predicted molar refractivity (Wildman–Crippen MR) is 85.4 cm³/mol. The highest BCUT2D eigenvalue weighted by atomic mass is 19.4. The maximum atomic E-state index is 12.6. The second-order valence-electron chi connectivity index (χ2n) is 5.88. The molecule has 2 aromatic rings. The normalized spacial score (nSPS) is 20.7. The summed E-state index contributed by atoms with van der Waals surface area (Å²) < 4.78 is 37.8. The van der Waals surface area contributed by atoms with Gasteiger partial charge in [-0.2, -0.15) is 13.2 Å². The average Bonchev–Trinajstić information content (AvgIpc) is 2.63. The molecular weight excluding hydrogens is 351 g/mol. The summed E-state index contributed by atoms with van der Waals surface area (Å²) in [6.45, 7) is 0.574. The third kappa shape index (κ3) is 4.07. The maximum Gasteiger partial charge on any atom is 0.417 e. The Morgan fingerprint density at radius 3 is 2.62 bits per heavy atom. The minimum atomic E-state index is -4.44. The summed E-state index contributed by atoms with van der Waals surface area (Å²) in [5.41, 5.74) is -0.681. The molecule has 0 aromatic carbocycles. The number of hydrogen-bond donors (Lipinski definition) is 2. The van der Waals surface area contributed by atoms with Crippen molar-refractivity contribution in [2.75, 3.05) is 18.0 Å². The number of aromatic nitrogens is 3. The van der Waals surface area contributed by atoms with Crippen LogP contribution in [0.4, 0.5) is 19.0 Å². The molecule has 0 saturated carbocycles. The van der Waals surface area contributed by atoms with Gasteiger partial charge in [0.05, 0.1) is 23.9 Å². The molecule has 138 valence electrons. The second-order valence-corrected chi connectivity index (χ2v) is 5.88. The van der Waals surface area contributed by atoms with Crippen LogP contribution in [-0.4, -0.2) is 51.2 Å². The van der Waals surface area contributed by atoms with Gasteiger partial charge in [0.1, 0.15) is 11.5 Å². The number of amides is 1. The molecule has 3 heterocycles. The first kappa shape index (κ1) is 18.1. The molecule has 1 aliphatic heterocycles. The van der Waals surface area contributed by atoms with Crippen molar-refractivity contribution < 1.29 is 23.1 Å². The minimum absolute atomic E-state index is 0.143. The van der Waals surface area contributed by atoms with Gasteiger partial charge in [-0.3, -0.25) is 9.78 Å². The fourth-order valence-electron chi connectivity index (χ4n) is 2.71. The topological polar surface area (TPSA) is 91.2 Å². The quantitative estimate of drug-likeness (QED) is 0.849. The van der Waals surface area contributed by atoms with Crippen LogP contribution in [0.3, 0.4) is 0 Å². The summed E-state index contributed by atoms with van der Waals surface area (Å²) in [6, 6.07) is 1.74. The number of carbonyl (C=O) groups excluding carboxylic acids is 1. The number of anilines is 1. The molecule has 0 spiro atoms. The molecular formula is C16H16F3N5O2. The highest BCUT2D eigenvalue weighted by Crippen LogP contribution is 2.29. The molecule has 1 fully saturated rings. The number of halogens is 3. The number of hydrogen-bond acceptors (Lipinski definition) is 6. The molecule has 1 amide bonds. The number of piperidine rings is 1. The van der Waals surface area contributed by atoms with Crippen LogP contribution in [0.15, 0.2) is 36.9 Å². The van der Waals surface area contributed by atoms with Crippen molar-refractivity contribution in [3.05, 3.63) is 48.2 Å². The van der Waals surface area contributed by atoms with E-state index in [4.69, 9.17) is 0 Å². The Balaban J connectivity index is 1.60. The van der Waals surface area contributed by atoms with Crippen molar-refractivity contribution in [1.82, 2.24) is 20.3 Å². The van der Waals surface area contributed by atoms with Crippen molar-refractivity contribution in [2.24, 2.45) is 0 Å². The molecule has 0 radical (unpaired) electrons. The molecule has 0 aliphatic carbocycles. The molecule has 0 bridgehead atoms. The van der Waals surface area contributed by atoms with E-state index in [1.54, 1.807) is 4.90 Å². The van der Waals surface area contributed by atoms with Crippen LogP contribution in [0.2, 0.25) is 0 Å². The minimum Gasteiger partial charge on any atom is -0.389 e. The van der Waals surface area contributed by atoms with Crippen LogP contribution in [0.1, 0.15) is 22.5 Å². The van der Waals surface area contributed by atoms with Crippen LogP contribution in [0, 0.1) is 0 Å². The van der Waals surface area contributed by atoms with E-state index < -0.39 is 29.8 Å². The molecule has 3 rings (SSSR count). The lowest BCUT2D eigenvalue weighted by Gasteiger charge is -2.36. The van der Waals surface area contributed by atoms with Gasteiger partial charge in [-0.15, -0.1) is 0 Å². The van der Waals surface area contributed by atoms with E-state index in [2.05, 4.69) is 20.3 Å². The number of nitrogens with one attached hydrogen (secondary N) is 1. The molecule has 1 saturated heterocycles. The third-order valence-corrected chi connectivity index (χ3v) is 4.09. The van der Waals surface area contributed by atoms with Gasteiger partial charge in [0.15, 0.2) is 0 Å². The van der Waals surface area contributed by atoms with Crippen LogP contribution in [0.5, 0.6) is 0 Å². The van der Waals surface area contributed by atoms with E-state index in [9.17, 15) is 23.1 Å². The Morgan fingerprint density at radius 1 is 1.23 bits per heavy atom. The lowest BCUT2D eigenvalue weighted by Crippen LogP contribution is -2.54. The number of alkyl halides is 3. The number of aliphatic hydroxyl groups is 1. The Morgan fingerprint density at radius 2 is 2.04 bits per heavy atom. The van der Waals surface area contributed by atoms with Crippen molar-refractivity contribution in [1.29, 1.82) is 0 Å². The number of rotatable bonds is 3. The first-order chi connectivity index (χ1) is 12.3. The zero-order chi connectivity index (χ0) is 18.7. The van der Waals surface area contributed by atoms with Crippen molar-refractivity contribution in [2.45, 2.75) is 24.7 Å². The first-order valence-corrected chi connectivity index (χ1v) is 7.88. The van der Waals surface area contributed by atoms with E-state index in [0.29, 0.717) is 18.8 Å². The monoisotopic (exact) mass is 367 g/mol. The zero-order valence-corrected chi connectivity index (χ0v) is 13.5. The van der Waals surface area contributed by atoms with Crippen LogP contribution in [-0.2, 0) is 6.18 Å². The van der Waals surface area contributed by atoms with Gasteiger partial charge < -0.3 is 15.3 Å². The van der Waals surface area contributed by atoms with Gasteiger partial charge in [-0.1, -0.05) is 0 Å². The van der Waals surface area contributed by atoms with Gasteiger partial charge in [0, 0.05) is 31.7 Å². The average molecular weight is 367 g/mol. The molecule has 1 aliphatic rings. The van der Waals surface area contributed by atoms with Crippen LogP contribution in [0.25, 0.3) is 0 Å². The number of aliphatic hydroxyl groups excluding tert-OH is 1. The van der Waals surface area contributed by atoms with Crippen molar-refractivity contribution in [3.8, 4) is 0 Å². The molecule has 2 N–H and O–H groups in total. The standard InChI is InChI=1S/C16H16F3N5O2/c17-16(18,19)10-1-2-14(22-7-10)24-6-3-11(13(25)9-24)23-15(26)12-8-20-4-5-21-12/h1-2,4-5,7-8,11,13,25H,3,6,9H2,(H,23,26)/t11-,13-/m0/s1. The largest absolute Gasteiger partial charge is 0.417 e. The lowest BCUT2D eigenvalue weighted by molar-refractivity contribution is -0.137. The number of carbonyl (C=O) groups is 1. The van der Waals surface area contributed by atoms with Crippen molar-refractivity contribution in [3.63, 3.8) is 0 Å². The highest BCUT2D eigenvalue weighted by molar-refractivity contribution is 5.92. The molecule has 7 nitrogen and oxygen atoms in total. The van der Waals surface area contributed by atoms with Gasteiger partial charge in [0.25, 0.3) is 5.91 Å². The summed E-state index contributed by atoms with van der Waals surface area (Å²) in [4.78, 5) is 25.3. The van der Waals surface area contributed by atoms with Crippen LogP contribution < -0.4 is 10.2 Å². The number of pyridine rings is 1. The van der Waals surface area contributed by atoms with Gasteiger partial charge in [-0.25, -0.2) is 9.97 Å². The van der Waals surface area contributed by atoms with Gasteiger partial charge in [-0.05, 0) is 18.6 Å². The Hall–Kier alpha value is -2.75. The fraction of sp³-hybridized carbons (Fsp3) is 0.375. The highest BCUT2D eigenvalue weighted by Gasteiger charge is 2.32. The summed E-state index contributed by atoms with van der Waals surface area (Å²) in [5.74, 6) is -0.0981. The Labute approximate surface area is 146 Å². The Bertz CT molecular complexity index is 755. The molecule has 26 heavy (non-hydrogen) atoms. The van der Waals surface area contributed by atoms with Crippen molar-refractivity contribution >= 4 is 11.7 Å². The summed E-state index contributed by atoms with van der Waals surface area (Å²) in [5, 5.41) is 13.0. The van der Waals surface area contributed by atoms with Crippen LogP contribution >= 0.6 is 0 Å². The van der Waals surface area contributed by atoms with E-state index in [0.717, 1.165) is 12.3 Å². The van der Waals surface area contributed by atoms with Gasteiger partial charge >= 0.3 is 6.18 Å². The number of β-amino-alcohol motifs (C(OH)–C–C–N with tert-alkyl or cyclic N) is 1. The van der Waals surface area contributed by atoms with E-state index in [1.165, 1.54) is 24.7 Å². The molecule has 2 atom stereocenters.